The van der Waals surface area contributed by atoms with Crippen LogP contribution in [0.25, 0.3) is 10.9 Å². The van der Waals surface area contributed by atoms with Crippen LogP contribution >= 0.6 is 0 Å². The monoisotopic (exact) mass is 277 g/mol. The number of fused-ring (bicyclic) bond motifs is 1. The Bertz CT molecular complexity index is 771. The van der Waals surface area contributed by atoms with Gasteiger partial charge >= 0.3 is 0 Å². The van der Waals surface area contributed by atoms with Gasteiger partial charge in [-0.3, -0.25) is 4.79 Å². The molecule has 2 aromatic carbocycles. The zero-order valence-corrected chi connectivity index (χ0v) is 12.4. The summed E-state index contributed by atoms with van der Waals surface area (Å²) in [5, 5.41) is 1.02. The van der Waals surface area contributed by atoms with Gasteiger partial charge in [0.1, 0.15) is 0 Å². The van der Waals surface area contributed by atoms with Gasteiger partial charge in [-0.05, 0) is 25.0 Å². The van der Waals surface area contributed by atoms with Gasteiger partial charge in [-0.1, -0.05) is 55.5 Å². The van der Waals surface area contributed by atoms with Crippen molar-refractivity contribution in [2.45, 2.75) is 26.2 Å². The van der Waals surface area contributed by atoms with Crippen LogP contribution < -0.4 is 0 Å². The zero-order chi connectivity index (χ0) is 14.8. The number of aromatic nitrogens is 1. The molecule has 1 heterocycles. The number of carbonyl (C=O) groups excluding carboxylic acids is 1. The molecule has 106 valence electrons. The Kier molecular flexibility index (Phi) is 3.61. The summed E-state index contributed by atoms with van der Waals surface area (Å²) in [7, 11) is 0. The van der Waals surface area contributed by atoms with Crippen molar-refractivity contribution in [3.05, 3.63) is 71.4 Å². The Morgan fingerprint density at radius 1 is 1.05 bits per heavy atom. The van der Waals surface area contributed by atoms with Crippen molar-refractivity contribution in [3.8, 4) is 0 Å². The number of benzene rings is 2. The Labute approximate surface area is 124 Å². The molecular formula is C19H19NO. The predicted molar refractivity (Wildman–Crippen MR) is 86.8 cm³/mol. The molecule has 0 saturated heterocycles. The van der Waals surface area contributed by atoms with Crippen LogP contribution in [-0.4, -0.2) is 10.8 Å². The first-order valence-corrected chi connectivity index (χ1v) is 7.38. The van der Waals surface area contributed by atoms with Gasteiger partial charge in [0.25, 0.3) is 0 Å². The fourth-order valence-corrected chi connectivity index (χ4v) is 3.03. The maximum atomic E-state index is 13.1. The number of rotatable bonds is 4. The highest BCUT2D eigenvalue weighted by molar-refractivity contribution is 6.11. The van der Waals surface area contributed by atoms with Crippen molar-refractivity contribution >= 4 is 16.7 Å². The van der Waals surface area contributed by atoms with E-state index in [-0.39, 0.29) is 11.7 Å². The number of para-hydroxylation sites is 1. The molecule has 2 heteroatoms. The molecule has 1 unspecified atom stereocenters. The third-order valence-electron chi connectivity index (χ3n) is 4.07. The molecule has 0 fully saturated rings. The van der Waals surface area contributed by atoms with E-state index < -0.39 is 0 Å². The Morgan fingerprint density at radius 3 is 2.43 bits per heavy atom. The molecule has 0 radical (unpaired) electrons. The van der Waals surface area contributed by atoms with Crippen molar-refractivity contribution in [1.29, 1.82) is 0 Å². The highest BCUT2D eigenvalue weighted by Gasteiger charge is 2.24. The quantitative estimate of drug-likeness (QED) is 0.679. The van der Waals surface area contributed by atoms with E-state index in [1.54, 1.807) is 0 Å². The zero-order valence-electron chi connectivity index (χ0n) is 12.4. The predicted octanol–water partition coefficient (Wildman–Crippen LogP) is 4.85. The number of nitrogens with one attached hydrogen (secondary N) is 1. The first kappa shape index (κ1) is 13.6. The van der Waals surface area contributed by atoms with E-state index in [4.69, 9.17) is 0 Å². The van der Waals surface area contributed by atoms with E-state index in [0.29, 0.717) is 0 Å². The summed E-state index contributed by atoms with van der Waals surface area (Å²) >= 11 is 0. The van der Waals surface area contributed by atoms with Crippen LogP contribution in [0.1, 0.15) is 40.9 Å². The van der Waals surface area contributed by atoms with E-state index in [2.05, 4.69) is 11.9 Å². The van der Waals surface area contributed by atoms with Gasteiger partial charge in [0.05, 0.1) is 0 Å². The summed E-state index contributed by atoms with van der Waals surface area (Å²) in [5.41, 5.74) is 3.91. The van der Waals surface area contributed by atoms with E-state index in [9.17, 15) is 4.79 Å². The SMILES string of the molecule is CCC(C(=O)c1c(C)[nH]c2ccccc12)c1ccccc1. The number of carbonyl (C=O) groups is 1. The minimum Gasteiger partial charge on any atom is -0.358 e. The normalized spacial score (nSPS) is 12.5. The third-order valence-corrected chi connectivity index (χ3v) is 4.07. The Hall–Kier alpha value is -2.35. The summed E-state index contributed by atoms with van der Waals surface area (Å²) in [5.74, 6) is 0.128. The van der Waals surface area contributed by atoms with Gasteiger partial charge in [0.15, 0.2) is 5.78 Å². The second-order valence-electron chi connectivity index (χ2n) is 5.41. The molecule has 0 spiro atoms. The van der Waals surface area contributed by atoms with E-state index >= 15 is 0 Å². The number of hydrogen-bond acceptors (Lipinski definition) is 1. The van der Waals surface area contributed by atoms with Crippen LogP contribution in [0.5, 0.6) is 0 Å². The largest absolute Gasteiger partial charge is 0.358 e. The second-order valence-corrected chi connectivity index (χ2v) is 5.41. The van der Waals surface area contributed by atoms with Gasteiger partial charge in [0.2, 0.25) is 0 Å². The van der Waals surface area contributed by atoms with Crippen LogP contribution in [0, 0.1) is 6.92 Å². The fraction of sp³-hybridized carbons (Fsp3) is 0.211. The lowest BCUT2D eigenvalue weighted by molar-refractivity contribution is 0.0958. The first-order valence-electron chi connectivity index (χ1n) is 7.38. The molecule has 21 heavy (non-hydrogen) atoms. The minimum atomic E-state index is -0.0795. The summed E-state index contributed by atoms with van der Waals surface area (Å²) < 4.78 is 0. The summed E-state index contributed by atoms with van der Waals surface area (Å²) in [6, 6.07) is 18.0. The summed E-state index contributed by atoms with van der Waals surface area (Å²) in [6.07, 6.45) is 0.807. The van der Waals surface area contributed by atoms with Gasteiger partial charge in [0, 0.05) is 28.1 Å². The molecule has 3 rings (SSSR count). The maximum Gasteiger partial charge on any atom is 0.172 e. The molecule has 3 aromatic rings. The highest BCUT2D eigenvalue weighted by Crippen LogP contribution is 2.30. The van der Waals surface area contributed by atoms with Crippen molar-refractivity contribution in [1.82, 2.24) is 4.98 Å². The topological polar surface area (TPSA) is 32.9 Å². The number of aromatic amines is 1. The second kappa shape index (κ2) is 5.57. The molecular weight excluding hydrogens is 258 g/mol. The van der Waals surface area contributed by atoms with Crippen LogP contribution in [0.4, 0.5) is 0 Å². The van der Waals surface area contributed by atoms with Gasteiger partial charge in [-0.15, -0.1) is 0 Å². The molecule has 0 saturated carbocycles. The minimum absolute atomic E-state index is 0.0795. The molecule has 2 nitrogen and oxygen atoms in total. The highest BCUT2D eigenvalue weighted by atomic mass is 16.1. The molecule has 0 aliphatic rings. The summed E-state index contributed by atoms with van der Waals surface area (Å²) in [4.78, 5) is 16.4. The number of ketones is 1. The Morgan fingerprint density at radius 2 is 1.71 bits per heavy atom. The standard InChI is InChI=1S/C19H19NO/c1-3-15(14-9-5-4-6-10-14)19(21)18-13(2)20-17-12-8-7-11-16(17)18/h4-12,15,20H,3H2,1-2H3. The lowest BCUT2D eigenvalue weighted by Crippen LogP contribution is -2.13. The van der Waals surface area contributed by atoms with Crippen LogP contribution in [0.15, 0.2) is 54.6 Å². The first-order chi connectivity index (χ1) is 10.2. The van der Waals surface area contributed by atoms with Crippen LogP contribution in [0.2, 0.25) is 0 Å². The number of aryl methyl sites for hydroxylation is 1. The fourth-order valence-electron chi connectivity index (χ4n) is 3.03. The summed E-state index contributed by atoms with van der Waals surface area (Å²) in [6.45, 7) is 4.05. The van der Waals surface area contributed by atoms with E-state index in [1.165, 1.54) is 0 Å². The van der Waals surface area contributed by atoms with Crippen LogP contribution in [0.3, 0.4) is 0 Å². The maximum absolute atomic E-state index is 13.1. The van der Waals surface area contributed by atoms with E-state index in [0.717, 1.165) is 34.1 Å². The number of Topliss-reactive ketones (excluding diaryl/α,β-unsaturated/α-hetero) is 1. The van der Waals surface area contributed by atoms with Crippen molar-refractivity contribution in [2.24, 2.45) is 0 Å². The van der Waals surface area contributed by atoms with E-state index in [1.807, 2.05) is 61.5 Å². The lowest BCUT2D eigenvalue weighted by atomic mass is 9.87. The third kappa shape index (κ3) is 2.38. The smallest absolute Gasteiger partial charge is 0.172 e. The van der Waals surface area contributed by atoms with Crippen molar-refractivity contribution in [3.63, 3.8) is 0 Å². The van der Waals surface area contributed by atoms with Gasteiger partial charge < -0.3 is 4.98 Å². The average Bonchev–Trinajstić information content (AvgIpc) is 2.84. The molecule has 0 aliphatic carbocycles. The molecule has 1 aromatic heterocycles. The Balaban J connectivity index is 2.09. The lowest BCUT2D eigenvalue weighted by Gasteiger charge is -2.14. The molecule has 1 N–H and O–H groups in total. The van der Waals surface area contributed by atoms with Crippen molar-refractivity contribution in [2.75, 3.05) is 0 Å². The van der Waals surface area contributed by atoms with Crippen LogP contribution in [-0.2, 0) is 0 Å². The molecule has 0 aliphatic heterocycles. The van der Waals surface area contributed by atoms with Crippen molar-refractivity contribution < 1.29 is 4.79 Å². The number of H-pyrrole nitrogens is 1. The van der Waals surface area contributed by atoms with Gasteiger partial charge in [-0.25, -0.2) is 0 Å². The molecule has 0 bridgehead atoms. The average molecular weight is 277 g/mol. The number of hydrogen-bond donors (Lipinski definition) is 1. The molecule has 0 amide bonds. The molecule has 1 atom stereocenters. The van der Waals surface area contributed by atoms with Gasteiger partial charge in [-0.2, -0.15) is 0 Å².